The van der Waals surface area contributed by atoms with Crippen LogP contribution in [0.1, 0.15) is 38.7 Å². The van der Waals surface area contributed by atoms with Crippen LogP contribution in [0.25, 0.3) is 0 Å². The van der Waals surface area contributed by atoms with E-state index in [0.717, 1.165) is 18.4 Å². The number of hydrogen-bond acceptors (Lipinski definition) is 1. The summed E-state index contributed by atoms with van der Waals surface area (Å²) in [5, 5.41) is 3.73. The van der Waals surface area contributed by atoms with Crippen LogP contribution in [0.2, 0.25) is 0 Å². The molecule has 1 aromatic carbocycles. The fourth-order valence-electron chi connectivity index (χ4n) is 2.70. The molecule has 1 aliphatic rings. The summed E-state index contributed by atoms with van der Waals surface area (Å²) in [6.07, 6.45) is 4.09. The Morgan fingerprint density at radius 1 is 1.24 bits per heavy atom. The maximum atomic E-state index is 3.73. The molecule has 3 atom stereocenters. The minimum absolute atomic E-state index is 0.686. The van der Waals surface area contributed by atoms with Gasteiger partial charge in [0.25, 0.3) is 0 Å². The Morgan fingerprint density at radius 3 is 2.76 bits per heavy atom. The molecule has 2 heteroatoms. The van der Waals surface area contributed by atoms with Gasteiger partial charge in [0.15, 0.2) is 0 Å². The average Bonchev–Trinajstić information content (AvgIpc) is 2.32. The molecule has 17 heavy (non-hydrogen) atoms. The smallest absolute Gasteiger partial charge is 0.0220 e. The Labute approximate surface area is 113 Å². The summed E-state index contributed by atoms with van der Waals surface area (Å²) in [6.45, 7) is 5.73. The highest BCUT2D eigenvalue weighted by molar-refractivity contribution is 9.10. The lowest BCUT2D eigenvalue weighted by molar-refractivity contribution is 0.227. The summed E-state index contributed by atoms with van der Waals surface area (Å²) in [6, 6.07) is 9.16. The molecule has 0 spiro atoms. The molecule has 2 rings (SSSR count). The molecule has 3 unspecified atom stereocenters. The van der Waals surface area contributed by atoms with E-state index in [9.17, 15) is 0 Å². The van der Waals surface area contributed by atoms with Crippen molar-refractivity contribution in [3.8, 4) is 0 Å². The van der Waals surface area contributed by atoms with E-state index in [-0.39, 0.29) is 0 Å². The van der Waals surface area contributed by atoms with E-state index >= 15 is 0 Å². The monoisotopic (exact) mass is 295 g/mol. The molecular weight excluding hydrogens is 274 g/mol. The van der Waals surface area contributed by atoms with Crippen LogP contribution in [-0.4, -0.2) is 6.04 Å². The van der Waals surface area contributed by atoms with Crippen molar-refractivity contribution in [3.63, 3.8) is 0 Å². The summed E-state index contributed by atoms with van der Waals surface area (Å²) in [5.74, 6) is 1.69. The zero-order valence-electron chi connectivity index (χ0n) is 10.7. The lowest BCUT2D eigenvalue weighted by Crippen LogP contribution is -2.39. The van der Waals surface area contributed by atoms with Crippen LogP contribution in [0.5, 0.6) is 0 Å². The Balaban J connectivity index is 1.91. The summed E-state index contributed by atoms with van der Waals surface area (Å²) < 4.78 is 1.21. The van der Waals surface area contributed by atoms with Gasteiger partial charge < -0.3 is 5.32 Å². The van der Waals surface area contributed by atoms with Gasteiger partial charge in [0, 0.05) is 17.1 Å². The van der Waals surface area contributed by atoms with E-state index in [0.29, 0.717) is 6.04 Å². The topological polar surface area (TPSA) is 12.0 Å². The first-order valence-electron chi connectivity index (χ1n) is 6.63. The molecule has 1 aliphatic carbocycles. The van der Waals surface area contributed by atoms with Gasteiger partial charge in [-0.05, 0) is 36.3 Å². The quantitative estimate of drug-likeness (QED) is 0.873. The van der Waals surface area contributed by atoms with Crippen molar-refractivity contribution < 1.29 is 0 Å². The van der Waals surface area contributed by atoms with Crippen molar-refractivity contribution in [2.24, 2.45) is 11.8 Å². The lowest BCUT2D eigenvalue weighted by atomic mass is 9.80. The van der Waals surface area contributed by atoms with E-state index in [4.69, 9.17) is 0 Å². The number of hydrogen-bond donors (Lipinski definition) is 1. The van der Waals surface area contributed by atoms with Crippen LogP contribution in [0.15, 0.2) is 28.7 Å². The summed E-state index contributed by atoms with van der Waals surface area (Å²) in [7, 11) is 0. The second kappa shape index (κ2) is 6.01. The van der Waals surface area contributed by atoms with Gasteiger partial charge in [0.05, 0.1) is 0 Å². The summed E-state index contributed by atoms with van der Waals surface area (Å²) in [5.41, 5.74) is 1.36. The predicted molar refractivity (Wildman–Crippen MR) is 76.9 cm³/mol. The molecule has 0 aromatic heterocycles. The zero-order chi connectivity index (χ0) is 12.3. The van der Waals surface area contributed by atoms with Gasteiger partial charge in [0.1, 0.15) is 0 Å². The molecule has 0 amide bonds. The standard InChI is InChI=1S/C15H22BrN/c1-11-7-8-12(2)15(9-11)17-10-13-5-3-4-6-14(13)16/h3-6,11-12,15,17H,7-10H2,1-2H3. The largest absolute Gasteiger partial charge is 0.310 e. The van der Waals surface area contributed by atoms with E-state index in [1.807, 2.05) is 0 Å². The molecule has 0 aliphatic heterocycles. The Morgan fingerprint density at radius 2 is 2.00 bits per heavy atom. The van der Waals surface area contributed by atoms with Crippen LogP contribution in [0, 0.1) is 11.8 Å². The Hall–Kier alpha value is -0.340. The number of halogens is 1. The highest BCUT2D eigenvalue weighted by atomic mass is 79.9. The molecule has 0 saturated heterocycles. The first-order valence-corrected chi connectivity index (χ1v) is 7.43. The van der Waals surface area contributed by atoms with Gasteiger partial charge in [-0.3, -0.25) is 0 Å². The maximum absolute atomic E-state index is 3.73. The number of rotatable bonds is 3. The number of benzene rings is 1. The third-order valence-corrected chi connectivity index (χ3v) is 4.74. The van der Waals surface area contributed by atoms with E-state index in [2.05, 4.69) is 59.4 Å². The first kappa shape index (κ1) is 13.1. The highest BCUT2D eigenvalue weighted by Gasteiger charge is 2.24. The maximum Gasteiger partial charge on any atom is 0.0220 e. The number of nitrogens with one attached hydrogen (secondary N) is 1. The molecule has 1 fully saturated rings. The van der Waals surface area contributed by atoms with Crippen molar-refractivity contribution in [2.75, 3.05) is 0 Å². The molecule has 1 aromatic rings. The van der Waals surface area contributed by atoms with E-state index in [1.54, 1.807) is 0 Å². The predicted octanol–water partition coefficient (Wildman–Crippen LogP) is 4.36. The van der Waals surface area contributed by atoms with Crippen LogP contribution >= 0.6 is 15.9 Å². The van der Waals surface area contributed by atoms with Crippen molar-refractivity contribution in [2.45, 2.75) is 45.7 Å². The summed E-state index contributed by atoms with van der Waals surface area (Å²) in [4.78, 5) is 0. The highest BCUT2D eigenvalue weighted by Crippen LogP contribution is 2.28. The second-order valence-electron chi connectivity index (χ2n) is 5.47. The molecular formula is C15H22BrN. The van der Waals surface area contributed by atoms with Crippen molar-refractivity contribution in [3.05, 3.63) is 34.3 Å². The van der Waals surface area contributed by atoms with Gasteiger partial charge in [-0.2, -0.15) is 0 Å². The fourth-order valence-corrected chi connectivity index (χ4v) is 3.12. The molecule has 94 valence electrons. The van der Waals surface area contributed by atoms with E-state index in [1.165, 1.54) is 29.3 Å². The van der Waals surface area contributed by atoms with Crippen molar-refractivity contribution in [1.82, 2.24) is 5.32 Å². The zero-order valence-corrected chi connectivity index (χ0v) is 12.3. The molecule has 0 heterocycles. The van der Waals surface area contributed by atoms with Gasteiger partial charge in [-0.15, -0.1) is 0 Å². The lowest BCUT2D eigenvalue weighted by Gasteiger charge is -2.33. The van der Waals surface area contributed by atoms with Crippen LogP contribution < -0.4 is 5.32 Å². The van der Waals surface area contributed by atoms with Gasteiger partial charge in [-0.1, -0.05) is 54.4 Å². The van der Waals surface area contributed by atoms with Crippen LogP contribution in [0.3, 0.4) is 0 Å². The van der Waals surface area contributed by atoms with Crippen LogP contribution in [0.4, 0.5) is 0 Å². The SMILES string of the molecule is CC1CCC(C)C(NCc2ccccc2Br)C1. The third-order valence-electron chi connectivity index (χ3n) is 3.97. The third kappa shape index (κ3) is 3.56. The van der Waals surface area contributed by atoms with Gasteiger partial charge in [0.2, 0.25) is 0 Å². The second-order valence-corrected chi connectivity index (χ2v) is 6.33. The van der Waals surface area contributed by atoms with Crippen molar-refractivity contribution in [1.29, 1.82) is 0 Å². The Kier molecular flexibility index (Phi) is 4.63. The normalized spacial score (nSPS) is 29.2. The van der Waals surface area contributed by atoms with Gasteiger partial charge in [-0.25, -0.2) is 0 Å². The fraction of sp³-hybridized carbons (Fsp3) is 0.600. The van der Waals surface area contributed by atoms with Gasteiger partial charge >= 0.3 is 0 Å². The molecule has 1 nitrogen and oxygen atoms in total. The molecule has 1 N–H and O–H groups in total. The minimum atomic E-state index is 0.686. The minimum Gasteiger partial charge on any atom is -0.310 e. The van der Waals surface area contributed by atoms with Crippen molar-refractivity contribution >= 4 is 15.9 Å². The molecule has 1 saturated carbocycles. The van der Waals surface area contributed by atoms with Crippen LogP contribution in [-0.2, 0) is 6.54 Å². The summed E-state index contributed by atoms with van der Waals surface area (Å²) >= 11 is 3.61. The van der Waals surface area contributed by atoms with E-state index < -0.39 is 0 Å². The molecule has 0 radical (unpaired) electrons. The first-order chi connectivity index (χ1) is 8.16. The average molecular weight is 296 g/mol. The molecule has 0 bridgehead atoms. The Bertz CT molecular complexity index is 364.